The van der Waals surface area contributed by atoms with E-state index >= 15 is 0 Å². The lowest BCUT2D eigenvalue weighted by Crippen LogP contribution is -2.40. The number of halogens is 1. The van der Waals surface area contributed by atoms with Crippen molar-refractivity contribution in [3.8, 4) is 5.75 Å². The molecule has 1 heterocycles. The minimum absolute atomic E-state index is 0.0345. The number of hydrogen-bond donors (Lipinski definition) is 0. The van der Waals surface area contributed by atoms with Gasteiger partial charge in [-0.25, -0.2) is 0 Å². The van der Waals surface area contributed by atoms with Gasteiger partial charge in [-0.05, 0) is 31.2 Å². The molecule has 0 radical (unpaired) electrons. The summed E-state index contributed by atoms with van der Waals surface area (Å²) in [6.45, 7) is 1.59. The minimum atomic E-state index is -0.941. The number of esters is 1. The highest BCUT2D eigenvalue weighted by atomic mass is 35.5. The Kier molecular flexibility index (Phi) is 5.76. The van der Waals surface area contributed by atoms with Gasteiger partial charge < -0.3 is 14.4 Å². The molecule has 0 fully saturated rings. The Labute approximate surface area is 161 Å². The molecule has 0 spiro atoms. The van der Waals surface area contributed by atoms with Crippen molar-refractivity contribution >= 4 is 34.9 Å². The third kappa shape index (κ3) is 4.46. The summed E-state index contributed by atoms with van der Waals surface area (Å²) in [7, 11) is 0. The van der Waals surface area contributed by atoms with E-state index in [-0.39, 0.29) is 31.3 Å². The number of hydrogen-bond acceptors (Lipinski definition) is 5. The van der Waals surface area contributed by atoms with E-state index in [1.54, 1.807) is 36.4 Å². The van der Waals surface area contributed by atoms with Gasteiger partial charge in [0.2, 0.25) is 5.78 Å². The zero-order chi connectivity index (χ0) is 19.4. The number of fused-ring (bicyclic) bond motifs is 1. The molecule has 6 nitrogen and oxygen atoms in total. The largest absolute Gasteiger partial charge is 0.482 e. The maximum atomic E-state index is 12.3. The molecule has 1 amide bonds. The number of nitrogens with zero attached hydrogens (tertiary/aromatic N) is 1. The van der Waals surface area contributed by atoms with Gasteiger partial charge in [0.15, 0.2) is 12.7 Å². The number of ether oxygens (including phenoxy) is 2. The Morgan fingerprint density at radius 1 is 1.22 bits per heavy atom. The van der Waals surface area contributed by atoms with E-state index in [1.165, 1.54) is 17.9 Å². The van der Waals surface area contributed by atoms with Crippen LogP contribution >= 0.6 is 11.6 Å². The van der Waals surface area contributed by atoms with Crippen molar-refractivity contribution in [3.05, 3.63) is 59.1 Å². The third-order valence-electron chi connectivity index (χ3n) is 4.13. The lowest BCUT2D eigenvalue weighted by Gasteiger charge is -2.29. The molecule has 0 N–H and O–H groups in total. The summed E-state index contributed by atoms with van der Waals surface area (Å²) in [6, 6.07) is 13.6. The first-order chi connectivity index (χ1) is 13.0. The first-order valence-electron chi connectivity index (χ1n) is 8.47. The van der Waals surface area contributed by atoms with E-state index in [4.69, 9.17) is 21.1 Å². The van der Waals surface area contributed by atoms with Crippen LogP contribution in [0.4, 0.5) is 5.69 Å². The average molecular weight is 388 g/mol. The molecule has 7 heteroatoms. The van der Waals surface area contributed by atoms with Gasteiger partial charge in [-0.2, -0.15) is 0 Å². The molecule has 0 saturated heterocycles. The molecule has 0 aromatic heterocycles. The topological polar surface area (TPSA) is 72.9 Å². The van der Waals surface area contributed by atoms with Gasteiger partial charge >= 0.3 is 5.97 Å². The van der Waals surface area contributed by atoms with Crippen LogP contribution in [0.5, 0.6) is 5.75 Å². The van der Waals surface area contributed by atoms with Crippen LogP contribution in [0.25, 0.3) is 0 Å². The second kappa shape index (κ2) is 8.22. The monoisotopic (exact) mass is 387 g/mol. The van der Waals surface area contributed by atoms with Crippen LogP contribution in [0, 0.1) is 0 Å². The number of para-hydroxylation sites is 2. The highest BCUT2D eigenvalue weighted by Gasteiger charge is 2.26. The summed E-state index contributed by atoms with van der Waals surface area (Å²) >= 11 is 5.88. The van der Waals surface area contributed by atoms with Gasteiger partial charge in [0.1, 0.15) is 5.75 Å². The van der Waals surface area contributed by atoms with Gasteiger partial charge in [-0.15, -0.1) is 0 Å². The van der Waals surface area contributed by atoms with Crippen LogP contribution in [-0.4, -0.2) is 36.9 Å². The SMILES string of the molecule is C[C@H](OC(=O)CCN1C(=O)COc2ccccc21)C(=O)c1cccc(Cl)c1. The number of carbonyl (C=O) groups is 3. The average Bonchev–Trinajstić information content (AvgIpc) is 2.66. The zero-order valence-electron chi connectivity index (χ0n) is 14.7. The number of carbonyl (C=O) groups excluding carboxylic acids is 3. The third-order valence-corrected chi connectivity index (χ3v) is 4.37. The smallest absolute Gasteiger partial charge is 0.308 e. The molecular formula is C20H18ClNO5. The van der Waals surface area contributed by atoms with Crippen LogP contribution in [0.1, 0.15) is 23.7 Å². The lowest BCUT2D eigenvalue weighted by molar-refractivity contribution is -0.146. The maximum Gasteiger partial charge on any atom is 0.308 e. The molecule has 0 unspecified atom stereocenters. The number of Topliss-reactive ketones (excluding diaryl/α,β-unsaturated/α-hetero) is 1. The van der Waals surface area contributed by atoms with Crippen LogP contribution < -0.4 is 9.64 Å². The lowest BCUT2D eigenvalue weighted by atomic mass is 10.1. The molecule has 1 aliphatic heterocycles. The fourth-order valence-corrected chi connectivity index (χ4v) is 2.98. The fourth-order valence-electron chi connectivity index (χ4n) is 2.79. The molecule has 3 rings (SSSR count). The summed E-state index contributed by atoms with van der Waals surface area (Å²) < 4.78 is 10.6. The maximum absolute atomic E-state index is 12.3. The predicted octanol–water partition coefficient (Wildman–Crippen LogP) is 3.27. The van der Waals surface area contributed by atoms with Gasteiger partial charge in [0, 0.05) is 17.1 Å². The number of amides is 1. The second-order valence-electron chi connectivity index (χ2n) is 6.06. The summed E-state index contributed by atoms with van der Waals surface area (Å²) in [6.07, 6.45) is -0.976. The number of rotatable bonds is 6. The second-order valence-corrected chi connectivity index (χ2v) is 6.49. The van der Waals surface area contributed by atoms with Gasteiger partial charge in [0.25, 0.3) is 5.91 Å². The minimum Gasteiger partial charge on any atom is -0.482 e. The Hall–Kier alpha value is -2.86. The molecule has 0 aliphatic carbocycles. The highest BCUT2D eigenvalue weighted by molar-refractivity contribution is 6.31. The Bertz CT molecular complexity index is 882. The van der Waals surface area contributed by atoms with Crippen LogP contribution in [-0.2, 0) is 14.3 Å². The van der Waals surface area contributed by atoms with Crippen LogP contribution in [0.2, 0.25) is 5.02 Å². The molecule has 1 atom stereocenters. The van der Waals surface area contributed by atoms with E-state index in [0.717, 1.165) is 0 Å². The van der Waals surface area contributed by atoms with Crippen molar-refractivity contribution in [2.45, 2.75) is 19.4 Å². The first-order valence-corrected chi connectivity index (χ1v) is 8.85. The van der Waals surface area contributed by atoms with E-state index < -0.39 is 12.1 Å². The molecular weight excluding hydrogens is 370 g/mol. The molecule has 0 saturated carbocycles. The van der Waals surface area contributed by atoms with Gasteiger partial charge in [-0.1, -0.05) is 35.9 Å². The standard InChI is InChI=1S/C20H18ClNO5/c1-13(20(25)14-5-4-6-15(21)11-14)27-19(24)9-10-22-16-7-2-3-8-17(16)26-12-18(22)23/h2-8,11,13H,9-10,12H2,1H3/t13-/m0/s1. The van der Waals surface area contributed by atoms with Crippen molar-refractivity contribution < 1.29 is 23.9 Å². The highest BCUT2D eigenvalue weighted by Crippen LogP contribution is 2.31. The van der Waals surface area contributed by atoms with Crippen molar-refractivity contribution in [2.75, 3.05) is 18.1 Å². The van der Waals surface area contributed by atoms with Gasteiger partial charge in [-0.3, -0.25) is 14.4 Å². The molecule has 0 bridgehead atoms. The summed E-state index contributed by atoms with van der Waals surface area (Å²) in [4.78, 5) is 38.1. The molecule has 2 aromatic carbocycles. The van der Waals surface area contributed by atoms with Gasteiger partial charge in [0.05, 0.1) is 12.1 Å². The quantitative estimate of drug-likeness (QED) is 0.562. The Morgan fingerprint density at radius 3 is 2.78 bits per heavy atom. The molecule has 1 aliphatic rings. The van der Waals surface area contributed by atoms with Crippen LogP contribution in [0.15, 0.2) is 48.5 Å². The van der Waals surface area contributed by atoms with E-state index in [9.17, 15) is 14.4 Å². The predicted molar refractivity (Wildman–Crippen MR) is 100 cm³/mol. The molecule has 27 heavy (non-hydrogen) atoms. The number of anilines is 1. The fraction of sp³-hybridized carbons (Fsp3) is 0.250. The number of benzene rings is 2. The molecule has 140 valence electrons. The summed E-state index contributed by atoms with van der Waals surface area (Å²) in [5.41, 5.74) is 0.990. The van der Waals surface area contributed by atoms with Crippen molar-refractivity contribution in [1.82, 2.24) is 0 Å². The van der Waals surface area contributed by atoms with Crippen molar-refractivity contribution in [2.24, 2.45) is 0 Å². The van der Waals surface area contributed by atoms with E-state index in [2.05, 4.69) is 0 Å². The Morgan fingerprint density at radius 2 is 2.00 bits per heavy atom. The van der Waals surface area contributed by atoms with E-state index in [1.807, 2.05) is 6.07 Å². The summed E-state index contributed by atoms with van der Waals surface area (Å²) in [5.74, 6) is -0.534. The first kappa shape index (κ1) is 18.9. The van der Waals surface area contributed by atoms with Crippen LogP contribution in [0.3, 0.4) is 0 Å². The van der Waals surface area contributed by atoms with E-state index in [0.29, 0.717) is 22.0 Å². The Balaban J connectivity index is 1.58. The van der Waals surface area contributed by atoms with Crippen molar-refractivity contribution in [3.63, 3.8) is 0 Å². The summed E-state index contributed by atoms with van der Waals surface area (Å²) in [5, 5.41) is 0.434. The van der Waals surface area contributed by atoms with Crippen molar-refractivity contribution in [1.29, 1.82) is 0 Å². The number of ketones is 1. The normalized spacial score (nSPS) is 14.1. The molecule has 2 aromatic rings. The zero-order valence-corrected chi connectivity index (χ0v) is 15.4.